The van der Waals surface area contributed by atoms with Crippen molar-refractivity contribution in [3.63, 3.8) is 0 Å². The Bertz CT molecular complexity index is 993. The minimum absolute atomic E-state index is 0.0629. The van der Waals surface area contributed by atoms with Crippen molar-refractivity contribution >= 4 is 17.6 Å². The molecule has 1 fully saturated rings. The fourth-order valence-electron chi connectivity index (χ4n) is 3.23. The van der Waals surface area contributed by atoms with E-state index in [9.17, 15) is 4.79 Å². The molecule has 1 unspecified atom stereocenters. The van der Waals surface area contributed by atoms with Gasteiger partial charge in [0.15, 0.2) is 0 Å². The van der Waals surface area contributed by atoms with E-state index in [0.717, 1.165) is 25.2 Å². The molecule has 8 heteroatoms. The van der Waals surface area contributed by atoms with Gasteiger partial charge in [-0.15, -0.1) is 0 Å². The Morgan fingerprint density at radius 1 is 1.35 bits per heavy atom. The summed E-state index contributed by atoms with van der Waals surface area (Å²) in [4.78, 5) is 22.8. The van der Waals surface area contributed by atoms with Crippen LogP contribution < -0.4 is 4.90 Å². The molecule has 0 bridgehead atoms. The minimum Gasteiger partial charge on any atom is -0.460 e. The number of esters is 1. The van der Waals surface area contributed by atoms with Gasteiger partial charge in [0, 0.05) is 12.7 Å². The molecule has 0 saturated carbocycles. The van der Waals surface area contributed by atoms with Crippen LogP contribution in [0.5, 0.6) is 0 Å². The summed E-state index contributed by atoms with van der Waals surface area (Å²) in [6.45, 7) is 1.12. The molecule has 1 saturated heterocycles. The zero-order chi connectivity index (χ0) is 17.9. The third kappa shape index (κ3) is 2.95. The fraction of sp³-hybridized carbons (Fsp3) is 0.278. The van der Waals surface area contributed by atoms with E-state index in [0.29, 0.717) is 16.9 Å². The molecule has 26 heavy (non-hydrogen) atoms. The van der Waals surface area contributed by atoms with Gasteiger partial charge in [-0.05, 0) is 37.1 Å². The van der Waals surface area contributed by atoms with Crippen molar-refractivity contribution in [3.05, 3.63) is 54.0 Å². The van der Waals surface area contributed by atoms with E-state index < -0.39 is 5.97 Å². The van der Waals surface area contributed by atoms with Crippen LogP contribution in [0.2, 0.25) is 0 Å². The predicted molar refractivity (Wildman–Crippen MR) is 92.6 cm³/mol. The van der Waals surface area contributed by atoms with Gasteiger partial charge in [0.25, 0.3) is 5.78 Å². The van der Waals surface area contributed by atoms with Gasteiger partial charge in [-0.3, -0.25) is 0 Å². The maximum Gasteiger partial charge on any atom is 0.338 e. The number of hydrogen-bond acceptors (Lipinski definition) is 7. The number of rotatable bonds is 4. The first-order valence-electron chi connectivity index (χ1n) is 8.35. The third-order valence-corrected chi connectivity index (χ3v) is 4.47. The zero-order valence-corrected chi connectivity index (χ0v) is 13.9. The average molecular weight is 348 g/mol. The molecule has 1 aliphatic rings. The largest absolute Gasteiger partial charge is 0.460 e. The second-order valence-corrected chi connectivity index (χ2v) is 6.06. The van der Waals surface area contributed by atoms with E-state index in [1.165, 1.54) is 12.4 Å². The summed E-state index contributed by atoms with van der Waals surface area (Å²) in [6, 6.07) is 10.5. The van der Waals surface area contributed by atoms with E-state index in [4.69, 9.17) is 10.00 Å². The summed E-state index contributed by atoms with van der Waals surface area (Å²) in [5.74, 6) is 1.01. The van der Waals surface area contributed by atoms with Crippen LogP contribution in [0.3, 0.4) is 0 Å². The Morgan fingerprint density at radius 3 is 3.15 bits per heavy atom. The number of fused-ring (bicyclic) bond motifs is 1. The molecule has 0 spiro atoms. The molecular formula is C18H16N6O2. The highest BCUT2D eigenvalue weighted by Crippen LogP contribution is 2.25. The van der Waals surface area contributed by atoms with Crippen LogP contribution in [0.15, 0.2) is 42.9 Å². The van der Waals surface area contributed by atoms with E-state index in [1.807, 2.05) is 12.1 Å². The molecule has 0 amide bonds. The van der Waals surface area contributed by atoms with Gasteiger partial charge in [-0.1, -0.05) is 6.07 Å². The molecule has 3 heterocycles. The minimum atomic E-state index is -0.422. The van der Waals surface area contributed by atoms with Crippen molar-refractivity contribution in [2.45, 2.75) is 18.9 Å². The SMILES string of the molecule is N#Cc1cccc(C(=O)OCC2CCCN2c2ccnc3ncnn23)c1. The maximum atomic E-state index is 12.3. The first-order chi connectivity index (χ1) is 12.8. The van der Waals surface area contributed by atoms with Crippen LogP contribution >= 0.6 is 0 Å². The number of carbonyl (C=O) groups is 1. The molecule has 8 nitrogen and oxygen atoms in total. The number of benzene rings is 1. The normalized spacial score (nSPS) is 16.6. The Balaban J connectivity index is 1.48. The summed E-state index contributed by atoms with van der Waals surface area (Å²) in [5.41, 5.74) is 0.823. The first-order valence-corrected chi connectivity index (χ1v) is 8.35. The molecular weight excluding hydrogens is 332 g/mol. The summed E-state index contributed by atoms with van der Waals surface area (Å²) in [6.07, 6.45) is 5.10. The maximum absolute atomic E-state index is 12.3. The summed E-state index contributed by atoms with van der Waals surface area (Å²) in [7, 11) is 0. The van der Waals surface area contributed by atoms with Crippen LogP contribution in [-0.4, -0.2) is 44.7 Å². The molecule has 1 atom stereocenters. The average Bonchev–Trinajstić information content (AvgIpc) is 3.35. The standard InChI is InChI=1S/C18H16N6O2/c19-10-13-3-1-4-14(9-13)17(25)26-11-15-5-2-8-23(15)16-6-7-20-18-21-12-22-24(16)18/h1,3-4,6-7,9,12,15H,2,5,8,11H2. The van der Waals surface area contributed by atoms with Crippen molar-refractivity contribution in [1.29, 1.82) is 5.26 Å². The van der Waals surface area contributed by atoms with Gasteiger partial charge in [0.05, 0.1) is 23.2 Å². The third-order valence-electron chi connectivity index (χ3n) is 4.47. The quantitative estimate of drug-likeness (QED) is 0.663. The molecule has 0 aliphatic carbocycles. The van der Waals surface area contributed by atoms with Crippen LogP contribution in [-0.2, 0) is 4.74 Å². The summed E-state index contributed by atoms with van der Waals surface area (Å²) >= 11 is 0. The van der Waals surface area contributed by atoms with Gasteiger partial charge in [-0.2, -0.15) is 19.9 Å². The predicted octanol–water partition coefficient (Wildman–Crippen LogP) is 1.82. The number of ether oxygens (including phenoxy) is 1. The van der Waals surface area contributed by atoms with E-state index in [2.05, 4.69) is 20.0 Å². The van der Waals surface area contributed by atoms with Crippen LogP contribution in [0.4, 0.5) is 5.82 Å². The fourth-order valence-corrected chi connectivity index (χ4v) is 3.23. The van der Waals surface area contributed by atoms with Gasteiger partial charge < -0.3 is 9.64 Å². The molecule has 0 radical (unpaired) electrons. The second-order valence-electron chi connectivity index (χ2n) is 6.06. The highest BCUT2D eigenvalue weighted by atomic mass is 16.5. The lowest BCUT2D eigenvalue weighted by molar-refractivity contribution is 0.0482. The van der Waals surface area contributed by atoms with Crippen molar-refractivity contribution in [1.82, 2.24) is 19.6 Å². The smallest absolute Gasteiger partial charge is 0.338 e. The lowest BCUT2D eigenvalue weighted by atomic mass is 10.1. The Kier molecular flexibility index (Phi) is 4.19. The van der Waals surface area contributed by atoms with E-state index in [1.54, 1.807) is 28.9 Å². The van der Waals surface area contributed by atoms with Crippen molar-refractivity contribution in [3.8, 4) is 6.07 Å². The molecule has 1 aliphatic heterocycles. The summed E-state index contributed by atoms with van der Waals surface area (Å²) < 4.78 is 7.20. The Morgan fingerprint density at radius 2 is 2.27 bits per heavy atom. The van der Waals surface area contributed by atoms with Gasteiger partial charge in [0.1, 0.15) is 18.8 Å². The zero-order valence-electron chi connectivity index (χ0n) is 13.9. The molecule has 2 aromatic heterocycles. The lowest BCUT2D eigenvalue weighted by Crippen LogP contribution is -2.35. The van der Waals surface area contributed by atoms with E-state index in [-0.39, 0.29) is 12.6 Å². The van der Waals surface area contributed by atoms with Gasteiger partial charge in [0.2, 0.25) is 0 Å². The van der Waals surface area contributed by atoms with Crippen molar-refractivity contribution < 1.29 is 9.53 Å². The van der Waals surface area contributed by atoms with Crippen molar-refractivity contribution in [2.75, 3.05) is 18.1 Å². The second kappa shape index (κ2) is 6.80. The Hall–Kier alpha value is -3.47. The van der Waals surface area contributed by atoms with Crippen LogP contribution in [0, 0.1) is 11.3 Å². The van der Waals surface area contributed by atoms with E-state index >= 15 is 0 Å². The number of nitrogens with zero attached hydrogens (tertiary/aromatic N) is 6. The van der Waals surface area contributed by atoms with Gasteiger partial charge >= 0.3 is 5.97 Å². The molecule has 3 aromatic rings. The molecule has 1 aromatic carbocycles. The highest BCUT2D eigenvalue weighted by Gasteiger charge is 2.28. The number of carbonyl (C=O) groups excluding carboxylic acids is 1. The summed E-state index contributed by atoms with van der Waals surface area (Å²) in [5, 5.41) is 13.2. The topological polar surface area (TPSA) is 96.4 Å². The monoisotopic (exact) mass is 348 g/mol. The number of hydrogen-bond donors (Lipinski definition) is 0. The molecule has 0 N–H and O–H groups in total. The highest BCUT2D eigenvalue weighted by molar-refractivity contribution is 5.89. The molecule has 130 valence electrons. The Labute approximate surface area is 149 Å². The van der Waals surface area contributed by atoms with Crippen LogP contribution in [0.25, 0.3) is 5.78 Å². The van der Waals surface area contributed by atoms with Crippen LogP contribution in [0.1, 0.15) is 28.8 Å². The lowest BCUT2D eigenvalue weighted by Gasteiger charge is -2.26. The number of anilines is 1. The number of aromatic nitrogens is 4. The van der Waals surface area contributed by atoms with Crippen molar-refractivity contribution in [2.24, 2.45) is 0 Å². The molecule has 4 rings (SSSR count). The van der Waals surface area contributed by atoms with Gasteiger partial charge in [-0.25, -0.2) is 9.78 Å². The number of nitriles is 1. The first kappa shape index (κ1) is 16.0.